The first kappa shape index (κ1) is 14.9. The third kappa shape index (κ3) is 4.53. The fourth-order valence-electron chi connectivity index (χ4n) is 2.39. The monoisotopic (exact) mass is 276 g/mol. The summed E-state index contributed by atoms with van der Waals surface area (Å²) in [7, 11) is 2.10. The molecule has 1 N–H and O–H groups in total. The molecular formula is C16H24N2O2. The number of carbonyl (C=O) groups excluding carboxylic acids is 1. The van der Waals surface area contributed by atoms with Crippen molar-refractivity contribution in [3.8, 4) is 5.75 Å². The Morgan fingerprint density at radius 2 is 1.95 bits per heavy atom. The van der Waals surface area contributed by atoms with Crippen molar-refractivity contribution >= 4 is 5.91 Å². The lowest BCUT2D eigenvalue weighted by molar-refractivity contribution is -0.126. The van der Waals surface area contributed by atoms with E-state index in [9.17, 15) is 4.79 Å². The van der Waals surface area contributed by atoms with Gasteiger partial charge in [0.2, 0.25) is 5.91 Å². The van der Waals surface area contributed by atoms with E-state index in [1.807, 2.05) is 31.2 Å². The average Bonchev–Trinajstić information content (AvgIpc) is 2.46. The molecular weight excluding hydrogens is 252 g/mol. The van der Waals surface area contributed by atoms with E-state index >= 15 is 0 Å². The van der Waals surface area contributed by atoms with E-state index in [-0.39, 0.29) is 11.8 Å². The SMILES string of the molecule is Cc1ccc(OCCNC(=O)C2CCN(C)CC2)cc1. The summed E-state index contributed by atoms with van der Waals surface area (Å²) < 4.78 is 5.59. The fourth-order valence-corrected chi connectivity index (χ4v) is 2.39. The maximum Gasteiger partial charge on any atom is 0.223 e. The molecule has 0 saturated carbocycles. The molecule has 0 spiro atoms. The first-order chi connectivity index (χ1) is 9.65. The normalized spacial score (nSPS) is 16.9. The first-order valence-corrected chi connectivity index (χ1v) is 7.31. The molecule has 2 rings (SSSR count). The molecule has 1 aliphatic heterocycles. The summed E-state index contributed by atoms with van der Waals surface area (Å²) in [5, 5.41) is 2.97. The van der Waals surface area contributed by atoms with Gasteiger partial charge in [-0.3, -0.25) is 4.79 Å². The molecule has 0 aromatic heterocycles. The highest BCUT2D eigenvalue weighted by atomic mass is 16.5. The van der Waals surface area contributed by atoms with Crippen LogP contribution in [0, 0.1) is 12.8 Å². The molecule has 0 bridgehead atoms. The predicted octanol–water partition coefficient (Wildman–Crippen LogP) is 1.83. The minimum absolute atomic E-state index is 0.172. The third-order valence-corrected chi connectivity index (χ3v) is 3.78. The van der Waals surface area contributed by atoms with Crippen LogP contribution in [0.5, 0.6) is 5.75 Å². The highest BCUT2D eigenvalue weighted by Crippen LogP contribution is 2.15. The van der Waals surface area contributed by atoms with Gasteiger partial charge in [0, 0.05) is 5.92 Å². The van der Waals surface area contributed by atoms with Gasteiger partial charge in [-0.15, -0.1) is 0 Å². The van der Waals surface area contributed by atoms with E-state index in [0.29, 0.717) is 13.2 Å². The lowest BCUT2D eigenvalue weighted by Gasteiger charge is -2.28. The van der Waals surface area contributed by atoms with E-state index < -0.39 is 0 Å². The Bertz CT molecular complexity index is 423. The molecule has 0 unspecified atom stereocenters. The molecule has 20 heavy (non-hydrogen) atoms. The van der Waals surface area contributed by atoms with Crippen molar-refractivity contribution < 1.29 is 9.53 Å². The minimum Gasteiger partial charge on any atom is -0.492 e. The van der Waals surface area contributed by atoms with Crippen LogP contribution in [-0.4, -0.2) is 44.1 Å². The van der Waals surface area contributed by atoms with Gasteiger partial charge in [-0.05, 0) is 52.0 Å². The van der Waals surface area contributed by atoms with Gasteiger partial charge in [0.1, 0.15) is 12.4 Å². The summed E-state index contributed by atoms with van der Waals surface area (Å²) in [6, 6.07) is 7.95. The van der Waals surface area contributed by atoms with Gasteiger partial charge in [-0.25, -0.2) is 0 Å². The molecule has 1 fully saturated rings. The Labute approximate surface area is 121 Å². The number of nitrogens with one attached hydrogen (secondary N) is 1. The number of benzene rings is 1. The van der Waals surface area contributed by atoms with Crippen LogP contribution >= 0.6 is 0 Å². The molecule has 4 heteroatoms. The van der Waals surface area contributed by atoms with Crippen LogP contribution in [-0.2, 0) is 4.79 Å². The quantitative estimate of drug-likeness (QED) is 0.834. The molecule has 0 radical (unpaired) electrons. The van der Waals surface area contributed by atoms with Crippen LogP contribution in [0.3, 0.4) is 0 Å². The Morgan fingerprint density at radius 3 is 2.60 bits per heavy atom. The molecule has 1 aromatic rings. The smallest absolute Gasteiger partial charge is 0.223 e. The summed E-state index contributed by atoms with van der Waals surface area (Å²) in [5.74, 6) is 1.19. The van der Waals surface area contributed by atoms with Gasteiger partial charge in [0.25, 0.3) is 0 Å². The van der Waals surface area contributed by atoms with Crippen molar-refractivity contribution in [2.45, 2.75) is 19.8 Å². The van der Waals surface area contributed by atoms with E-state index in [4.69, 9.17) is 4.74 Å². The topological polar surface area (TPSA) is 41.6 Å². The molecule has 1 heterocycles. The second-order valence-corrected chi connectivity index (χ2v) is 5.53. The van der Waals surface area contributed by atoms with Crippen molar-refractivity contribution in [3.05, 3.63) is 29.8 Å². The van der Waals surface area contributed by atoms with Crippen LogP contribution < -0.4 is 10.1 Å². The van der Waals surface area contributed by atoms with Gasteiger partial charge in [-0.2, -0.15) is 0 Å². The van der Waals surface area contributed by atoms with Gasteiger partial charge >= 0.3 is 0 Å². The number of aryl methyl sites for hydroxylation is 1. The van der Waals surface area contributed by atoms with Crippen molar-refractivity contribution in [2.75, 3.05) is 33.3 Å². The van der Waals surface area contributed by atoms with Crippen LogP contribution in [0.1, 0.15) is 18.4 Å². The van der Waals surface area contributed by atoms with Gasteiger partial charge in [0.15, 0.2) is 0 Å². The van der Waals surface area contributed by atoms with E-state index in [1.54, 1.807) is 0 Å². The van der Waals surface area contributed by atoms with Gasteiger partial charge in [0.05, 0.1) is 6.54 Å². The molecule has 1 amide bonds. The van der Waals surface area contributed by atoms with Crippen molar-refractivity contribution in [1.29, 1.82) is 0 Å². The second-order valence-electron chi connectivity index (χ2n) is 5.53. The van der Waals surface area contributed by atoms with E-state index in [0.717, 1.165) is 31.7 Å². The number of carbonyl (C=O) groups is 1. The zero-order valence-corrected chi connectivity index (χ0v) is 12.4. The molecule has 4 nitrogen and oxygen atoms in total. The van der Waals surface area contributed by atoms with Gasteiger partial charge in [-0.1, -0.05) is 17.7 Å². The Kier molecular flexibility index (Phi) is 5.41. The van der Waals surface area contributed by atoms with Crippen LogP contribution in [0.15, 0.2) is 24.3 Å². The lowest BCUT2D eigenvalue weighted by atomic mass is 9.96. The highest BCUT2D eigenvalue weighted by Gasteiger charge is 2.22. The lowest BCUT2D eigenvalue weighted by Crippen LogP contribution is -2.40. The van der Waals surface area contributed by atoms with Gasteiger partial charge < -0.3 is 15.0 Å². The predicted molar refractivity (Wildman–Crippen MR) is 79.9 cm³/mol. The maximum absolute atomic E-state index is 12.0. The third-order valence-electron chi connectivity index (χ3n) is 3.78. The number of amides is 1. The summed E-state index contributed by atoms with van der Waals surface area (Å²) in [4.78, 5) is 14.2. The number of likely N-dealkylation sites (tertiary alicyclic amines) is 1. The van der Waals surface area contributed by atoms with Crippen LogP contribution in [0.2, 0.25) is 0 Å². The summed E-state index contributed by atoms with van der Waals surface area (Å²) in [6.45, 7) is 5.15. The number of ether oxygens (including phenoxy) is 1. The van der Waals surface area contributed by atoms with E-state index in [2.05, 4.69) is 17.3 Å². The van der Waals surface area contributed by atoms with E-state index in [1.165, 1.54) is 5.56 Å². The minimum atomic E-state index is 0.172. The highest BCUT2D eigenvalue weighted by molar-refractivity contribution is 5.78. The standard InChI is InChI=1S/C16H24N2O2/c1-13-3-5-15(6-4-13)20-12-9-17-16(19)14-7-10-18(2)11-8-14/h3-6,14H,7-12H2,1-2H3,(H,17,19). The zero-order chi connectivity index (χ0) is 14.4. The fraction of sp³-hybridized carbons (Fsp3) is 0.562. The zero-order valence-electron chi connectivity index (χ0n) is 12.4. The molecule has 1 aromatic carbocycles. The van der Waals surface area contributed by atoms with Crippen molar-refractivity contribution in [1.82, 2.24) is 10.2 Å². The summed E-state index contributed by atoms with van der Waals surface area (Å²) in [5.41, 5.74) is 1.22. The number of hydrogen-bond donors (Lipinski definition) is 1. The number of nitrogens with zero attached hydrogens (tertiary/aromatic N) is 1. The molecule has 110 valence electrons. The average molecular weight is 276 g/mol. The number of rotatable bonds is 5. The molecule has 0 aliphatic carbocycles. The maximum atomic E-state index is 12.0. The molecule has 0 atom stereocenters. The first-order valence-electron chi connectivity index (χ1n) is 7.31. The second kappa shape index (κ2) is 7.29. The Balaban J connectivity index is 1.63. The largest absolute Gasteiger partial charge is 0.492 e. The Morgan fingerprint density at radius 1 is 1.30 bits per heavy atom. The number of hydrogen-bond acceptors (Lipinski definition) is 3. The van der Waals surface area contributed by atoms with Crippen LogP contribution in [0.4, 0.5) is 0 Å². The number of piperidine rings is 1. The van der Waals surface area contributed by atoms with Crippen LogP contribution in [0.25, 0.3) is 0 Å². The summed E-state index contributed by atoms with van der Waals surface area (Å²) in [6.07, 6.45) is 1.92. The summed E-state index contributed by atoms with van der Waals surface area (Å²) >= 11 is 0. The molecule has 1 aliphatic rings. The molecule has 1 saturated heterocycles. The van der Waals surface area contributed by atoms with Crippen molar-refractivity contribution in [2.24, 2.45) is 5.92 Å². The Hall–Kier alpha value is -1.55. The van der Waals surface area contributed by atoms with Crippen molar-refractivity contribution in [3.63, 3.8) is 0 Å².